The summed E-state index contributed by atoms with van der Waals surface area (Å²) in [6.07, 6.45) is 0.620. The highest BCUT2D eigenvalue weighted by Crippen LogP contribution is 2.49. The standard InChI is InChI=1S/C28H28ClNO6/c1-14(2)36-28(32)25-15(3)30-21-9-17(16-5-7-18(33-4)8-6-16)10-22(31)27(21)26(25)19-11-23-24(12-20(19)29)35-13-34-23/h5-8,11-12,14,17,26,30H,9-10,13H2,1-4H3/t17-,26-/m1/s1. The van der Waals surface area contributed by atoms with E-state index in [9.17, 15) is 9.59 Å². The molecule has 0 saturated heterocycles. The van der Waals surface area contributed by atoms with Gasteiger partial charge >= 0.3 is 5.97 Å². The van der Waals surface area contributed by atoms with Gasteiger partial charge in [-0.05, 0) is 62.4 Å². The monoisotopic (exact) mass is 509 g/mol. The number of dihydropyridines is 1. The molecule has 1 aliphatic carbocycles. The summed E-state index contributed by atoms with van der Waals surface area (Å²) in [5.74, 6) is 0.632. The second-order valence-corrected chi connectivity index (χ2v) is 9.88. The topological polar surface area (TPSA) is 83.1 Å². The Labute approximate surface area is 215 Å². The SMILES string of the molecule is COc1ccc([C@H]2CC(=O)C3=C(C2)NC(C)=C(C(=O)OC(C)C)[C@H]3c2cc3c(cc2Cl)OCO3)cc1. The van der Waals surface area contributed by atoms with Crippen LogP contribution < -0.4 is 19.5 Å². The molecule has 3 aliphatic rings. The third-order valence-corrected chi connectivity index (χ3v) is 7.11. The summed E-state index contributed by atoms with van der Waals surface area (Å²) in [5.41, 5.74) is 4.02. The van der Waals surface area contributed by atoms with Gasteiger partial charge in [-0.15, -0.1) is 0 Å². The number of ketones is 1. The minimum Gasteiger partial charge on any atom is -0.497 e. The van der Waals surface area contributed by atoms with Crippen molar-refractivity contribution in [1.29, 1.82) is 0 Å². The van der Waals surface area contributed by atoms with Gasteiger partial charge in [0.1, 0.15) is 5.75 Å². The molecular formula is C28H28ClNO6. The number of halogens is 1. The Kier molecular flexibility index (Phi) is 6.43. The first-order valence-corrected chi connectivity index (χ1v) is 12.3. The van der Waals surface area contributed by atoms with Crippen LogP contribution in [0, 0.1) is 0 Å². The fourth-order valence-electron chi connectivity index (χ4n) is 5.16. The summed E-state index contributed by atoms with van der Waals surface area (Å²) in [6, 6.07) is 11.2. The maximum atomic E-state index is 13.8. The van der Waals surface area contributed by atoms with E-state index in [0.29, 0.717) is 51.8 Å². The number of allylic oxidation sites excluding steroid dienone is 3. The number of rotatable bonds is 5. The van der Waals surface area contributed by atoms with Gasteiger partial charge in [0.2, 0.25) is 6.79 Å². The summed E-state index contributed by atoms with van der Waals surface area (Å²) in [5, 5.41) is 3.75. The third kappa shape index (κ3) is 4.32. The van der Waals surface area contributed by atoms with Gasteiger partial charge < -0.3 is 24.3 Å². The lowest BCUT2D eigenvalue weighted by atomic mass is 9.71. The van der Waals surface area contributed by atoms with Gasteiger partial charge in [0.25, 0.3) is 0 Å². The second kappa shape index (κ2) is 9.54. The molecule has 188 valence electrons. The molecule has 0 radical (unpaired) electrons. The molecule has 1 N–H and O–H groups in total. The summed E-state index contributed by atoms with van der Waals surface area (Å²) in [4.78, 5) is 27.1. The van der Waals surface area contributed by atoms with Crippen LogP contribution in [0.5, 0.6) is 17.2 Å². The first-order valence-electron chi connectivity index (χ1n) is 11.9. The van der Waals surface area contributed by atoms with Crippen LogP contribution in [-0.4, -0.2) is 31.8 Å². The first kappa shape index (κ1) is 24.3. The van der Waals surface area contributed by atoms with E-state index in [1.807, 2.05) is 31.2 Å². The largest absolute Gasteiger partial charge is 0.497 e. The minimum atomic E-state index is -0.682. The number of carbonyl (C=O) groups excluding carboxylic acids is 2. The van der Waals surface area contributed by atoms with Gasteiger partial charge in [-0.1, -0.05) is 23.7 Å². The van der Waals surface area contributed by atoms with Crippen molar-refractivity contribution in [3.8, 4) is 17.2 Å². The summed E-state index contributed by atoms with van der Waals surface area (Å²) < 4.78 is 21.9. The Hall–Kier alpha value is -3.45. The first-order chi connectivity index (χ1) is 17.3. The number of carbonyl (C=O) groups is 2. The molecule has 5 rings (SSSR count). The van der Waals surface area contributed by atoms with Crippen LogP contribution in [0.2, 0.25) is 5.02 Å². The van der Waals surface area contributed by atoms with E-state index in [0.717, 1.165) is 17.0 Å². The van der Waals surface area contributed by atoms with Crippen LogP contribution in [0.25, 0.3) is 0 Å². The molecular weight excluding hydrogens is 482 g/mol. The van der Waals surface area contributed by atoms with Gasteiger partial charge in [0.05, 0.1) is 18.8 Å². The van der Waals surface area contributed by atoms with Crippen LogP contribution in [0.3, 0.4) is 0 Å². The predicted octanol–water partition coefficient (Wildman–Crippen LogP) is 5.39. The van der Waals surface area contributed by atoms with E-state index >= 15 is 0 Å². The molecule has 8 heteroatoms. The van der Waals surface area contributed by atoms with E-state index < -0.39 is 11.9 Å². The average molecular weight is 510 g/mol. The molecule has 0 bridgehead atoms. The maximum Gasteiger partial charge on any atom is 0.337 e. The molecule has 2 aromatic carbocycles. The number of fused-ring (bicyclic) bond motifs is 1. The van der Waals surface area contributed by atoms with Crippen LogP contribution in [0.4, 0.5) is 0 Å². The third-order valence-electron chi connectivity index (χ3n) is 6.78. The Morgan fingerprint density at radius 1 is 1.11 bits per heavy atom. The fraction of sp³-hybridized carbons (Fsp3) is 0.357. The normalized spacial score (nSPS) is 20.9. The molecule has 0 saturated carbocycles. The molecule has 0 amide bonds. The van der Waals surface area contributed by atoms with Crippen molar-refractivity contribution in [2.24, 2.45) is 0 Å². The van der Waals surface area contributed by atoms with Crippen LogP contribution in [0.15, 0.2) is 58.9 Å². The lowest BCUT2D eigenvalue weighted by molar-refractivity contribution is -0.143. The zero-order chi connectivity index (χ0) is 25.6. The van der Waals surface area contributed by atoms with E-state index in [2.05, 4.69) is 5.32 Å². The number of hydrogen-bond acceptors (Lipinski definition) is 7. The van der Waals surface area contributed by atoms with Gasteiger partial charge in [-0.25, -0.2) is 4.79 Å². The van der Waals surface area contributed by atoms with Crippen molar-refractivity contribution < 1.29 is 28.5 Å². The van der Waals surface area contributed by atoms with Crippen molar-refractivity contribution in [1.82, 2.24) is 5.32 Å². The zero-order valence-corrected chi connectivity index (χ0v) is 21.4. The van der Waals surface area contributed by atoms with Crippen molar-refractivity contribution in [2.45, 2.75) is 51.6 Å². The van der Waals surface area contributed by atoms with Crippen molar-refractivity contribution in [2.75, 3.05) is 13.9 Å². The number of hydrogen-bond donors (Lipinski definition) is 1. The number of methoxy groups -OCH3 is 1. The Bertz CT molecular complexity index is 1290. The number of benzene rings is 2. The molecule has 0 unspecified atom stereocenters. The number of nitrogens with one attached hydrogen (secondary N) is 1. The zero-order valence-electron chi connectivity index (χ0n) is 20.6. The quantitative estimate of drug-likeness (QED) is 0.541. The maximum absolute atomic E-state index is 13.8. The number of Topliss-reactive ketones (excluding diaryl/α,β-unsaturated/α-hetero) is 1. The molecule has 36 heavy (non-hydrogen) atoms. The highest BCUT2D eigenvalue weighted by atomic mass is 35.5. The fourth-order valence-corrected chi connectivity index (χ4v) is 5.43. The molecule has 0 spiro atoms. The summed E-state index contributed by atoms with van der Waals surface area (Å²) >= 11 is 6.72. The van der Waals surface area contributed by atoms with E-state index in [4.69, 9.17) is 30.5 Å². The molecule has 2 heterocycles. The Balaban J connectivity index is 1.60. The van der Waals surface area contributed by atoms with Gasteiger partial charge in [-0.2, -0.15) is 0 Å². The molecule has 2 aromatic rings. The van der Waals surface area contributed by atoms with Gasteiger partial charge in [-0.3, -0.25) is 4.79 Å². The van der Waals surface area contributed by atoms with Gasteiger partial charge in [0.15, 0.2) is 17.3 Å². The lowest BCUT2D eigenvalue weighted by Crippen LogP contribution is -2.36. The Morgan fingerprint density at radius 3 is 2.47 bits per heavy atom. The molecule has 2 atom stereocenters. The van der Waals surface area contributed by atoms with E-state index in [1.54, 1.807) is 33.1 Å². The number of esters is 1. The molecule has 0 fully saturated rings. The number of ether oxygens (including phenoxy) is 4. The van der Waals surface area contributed by atoms with E-state index in [-0.39, 0.29) is 24.6 Å². The van der Waals surface area contributed by atoms with Crippen molar-refractivity contribution >= 4 is 23.4 Å². The molecule has 2 aliphatic heterocycles. The highest BCUT2D eigenvalue weighted by molar-refractivity contribution is 6.32. The van der Waals surface area contributed by atoms with Gasteiger partial charge in [0, 0.05) is 40.4 Å². The van der Waals surface area contributed by atoms with Crippen LogP contribution in [-0.2, 0) is 14.3 Å². The van der Waals surface area contributed by atoms with Crippen molar-refractivity contribution in [3.05, 3.63) is 75.1 Å². The smallest absolute Gasteiger partial charge is 0.337 e. The summed E-state index contributed by atoms with van der Waals surface area (Å²) in [7, 11) is 1.63. The van der Waals surface area contributed by atoms with Crippen LogP contribution >= 0.6 is 11.6 Å². The predicted molar refractivity (Wildman–Crippen MR) is 134 cm³/mol. The minimum absolute atomic E-state index is 0.000465. The Morgan fingerprint density at radius 2 is 1.81 bits per heavy atom. The second-order valence-electron chi connectivity index (χ2n) is 9.47. The van der Waals surface area contributed by atoms with Crippen LogP contribution in [0.1, 0.15) is 56.6 Å². The molecule has 7 nitrogen and oxygen atoms in total. The van der Waals surface area contributed by atoms with E-state index in [1.165, 1.54) is 0 Å². The molecule has 0 aromatic heterocycles. The highest BCUT2D eigenvalue weighted by Gasteiger charge is 2.43. The lowest BCUT2D eigenvalue weighted by Gasteiger charge is -2.37. The average Bonchev–Trinajstić information content (AvgIpc) is 3.29. The summed E-state index contributed by atoms with van der Waals surface area (Å²) in [6.45, 7) is 5.51. The van der Waals surface area contributed by atoms with Crippen molar-refractivity contribution in [3.63, 3.8) is 0 Å².